The molecule has 0 radical (unpaired) electrons. The number of piperidine rings is 1. The smallest absolute Gasteiger partial charge is 0.0157 e. The third kappa shape index (κ3) is 4.44. The van der Waals surface area contributed by atoms with E-state index in [1.165, 1.54) is 38.8 Å². The Morgan fingerprint density at radius 1 is 1.54 bits per heavy atom. The van der Waals surface area contributed by atoms with E-state index in [4.69, 9.17) is 0 Å². The van der Waals surface area contributed by atoms with E-state index >= 15 is 0 Å². The normalized spacial score (nSPS) is 23.4. The molecule has 0 aromatic heterocycles. The van der Waals surface area contributed by atoms with Gasteiger partial charge in [-0.25, -0.2) is 0 Å². The van der Waals surface area contributed by atoms with Crippen molar-refractivity contribution >= 4 is 0 Å². The fourth-order valence-corrected chi connectivity index (χ4v) is 1.86. The van der Waals surface area contributed by atoms with Crippen molar-refractivity contribution in [2.45, 2.75) is 31.7 Å². The van der Waals surface area contributed by atoms with Crippen molar-refractivity contribution < 1.29 is 0 Å². The fraction of sp³-hybridized carbons (Fsp3) is 0.818. The number of nitrogens with one attached hydrogen (secondary N) is 1. The summed E-state index contributed by atoms with van der Waals surface area (Å²) < 4.78 is 0. The lowest BCUT2D eigenvalue weighted by atomic mass is 10.0. The molecule has 0 amide bonds. The van der Waals surface area contributed by atoms with Crippen LogP contribution in [-0.4, -0.2) is 37.6 Å². The number of rotatable bonds is 5. The summed E-state index contributed by atoms with van der Waals surface area (Å²) in [5, 5.41) is 3.56. The second-order valence-corrected chi connectivity index (χ2v) is 3.99. The van der Waals surface area contributed by atoms with E-state index in [2.05, 4.69) is 23.8 Å². The summed E-state index contributed by atoms with van der Waals surface area (Å²) >= 11 is 0. The lowest BCUT2D eigenvalue weighted by Gasteiger charge is -2.25. The van der Waals surface area contributed by atoms with E-state index in [0.29, 0.717) is 0 Å². The topological polar surface area (TPSA) is 15.3 Å². The lowest BCUT2D eigenvalue weighted by Crippen LogP contribution is -2.36. The first-order chi connectivity index (χ1) is 6.33. The largest absolute Gasteiger partial charge is 0.314 e. The van der Waals surface area contributed by atoms with Crippen molar-refractivity contribution in [3.63, 3.8) is 0 Å². The summed E-state index contributed by atoms with van der Waals surface area (Å²) in [5.41, 5.74) is 0. The molecule has 0 spiro atoms. The SMILES string of the molecule is C=CCN(C)CCC1CCCCN1. The van der Waals surface area contributed by atoms with Gasteiger partial charge in [-0.15, -0.1) is 6.58 Å². The van der Waals surface area contributed by atoms with Crippen molar-refractivity contribution in [3.05, 3.63) is 12.7 Å². The summed E-state index contributed by atoms with van der Waals surface area (Å²) in [4.78, 5) is 2.32. The molecule has 2 nitrogen and oxygen atoms in total. The van der Waals surface area contributed by atoms with Gasteiger partial charge in [0.1, 0.15) is 0 Å². The molecule has 0 aliphatic carbocycles. The Balaban J connectivity index is 2.06. The second kappa shape index (κ2) is 6.17. The second-order valence-electron chi connectivity index (χ2n) is 3.99. The molecular formula is C11H22N2. The van der Waals surface area contributed by atoms with Crippen LogP contribution in [0.1, 0.15) is 25.7 Å². The maximum absolute atomic E-state index is 3.74. The molecule has 0 aromatic rings. The molecule has 1 N–H and O–H groups in total. The summed E-state index contributed by atoms with van der Waals surface area (Å²) in [5.74, 6) is 0. The molecular weight excluding hydrogens is 160 g/mol. The highest BCUT2D eigenvalue weighted by molar-refractivity contribution is 4.75. The van der Waals surface area contributed by atoms with Crippen molar-refractivity contribution in [3.8, 4) is 0 Å². The first kappa shape index (κ1) is 10.7. The van der Waals surface area contributed by atoms with Gasteiger partial charge in [-0.1, -0.05) is 12.5 Å². The van der Waals surface area contributed by atoms with Crippen molar-refractivity contribution in [1.29, 1.82) is 0 Å². The maximum Gasteiger partial charge on any atom is 0.0157 e. The Labute approximate surface area is 82.0 Å². The van der Waals surface area contributed by atoms with Crippen LogP contribution < -0.4 is 5.32 Å². The van der Waals surface area contributed by atoms with Crippen LogP contribution in [0.5, 0.6) is 0 Å². The van der Waals surface area contributed by atoms with Gasteiger partial charge >= 0.3 is 0 Å². The molecule has 13 heavy (non-hydrogen) atoms. The van der Waals surface area contributed by atoms with Gasteiger partial charge in [0.25, 0.3) is 0 Å². The van der Waals surface area contributed by atoms with Crippen LogP contribution >= 0.6 is 0 Å². The van der Waals surface area contributed by atoms with Crippen LogP contribution in [0, 0.1) is 0 Å². The number of hydrogen-bond acceptors (Lipinski definition) is 2. The maximum atomic E-state index is 3.74. The Hall–Kier alpha value is -0.340. The molecule has 0 aromatic carbocycles. The Morgan fingerprint density at radius 2 is 2.38 bits per heavy atom. The summed E-state index contributed by atoms with van der Waals surface area (Å²) in [6, 6.07) is 0.765. The molecule has 2 heteroatoms. The molecule has 1 unspecified atom stereocenters. The van der Waals surface area contributed by atoms with Crippen LogP contribution in [-0.2, 0) is 0 Å². The van der Waals surface area contributed by atoms with Gasteiger partial charge in [-0.2, -0.15) is 0 Å². The summed E-state index contributed by atoms with van der Waals surface area (Å²) in [6.45, 7) is 7.15. The number of nitrogens with zero attached hydrogens (tertiary/aromatic N) is 1. The molecule has 0 bridgehead atoms. The summed E-state index contributed by atoms with van der Waals surface area (Å²) in [6.07, 6.45) is 7.38. The molecule has 1 heterocycles. The molecule has 1 saturated heterocycles. The Morgan fingerprint density at radius 3 is 3.00 bits per heavy atom. The average molecular weight is 182 g/mol. The quantitative estimate of drug-likeness (QED) is 0.650. The van der Waals surface area contributed by atoms with Crippen LogP contribution in [0.4, 0.5) is 0 Å². The molecule has 76 valence electrons. The van der Waals surface area contributed by atoms with Crippen molar-refractivity contribution in [2.75, 3.05) is 26.7 Å². The Bertz CT molecular complexity index is 139. The van der Waals surface area contributed by atoms with E-state index in [9.17, 15) is 0 Å². The number of likely N-dealkylation sites (N-methyl/N-ethyl adjacent to an activating group) is 1. The zero-order valence-corrected chi connectivity index (χ0v) is 8.76. The molecule has 1 atom stereocenters. The van der Waals surface area contributed by atoms with Gasteiger partial charge in [-0.05, 0) is 39.4 Å². The highest BCUT2D eigenvalue weighted by Gasteiger charge is 2.12. The van der Waals surface area contributed by atoms with Gasteiger partial charge in [0.05, 0.1) is 0 Å². The van der Waals surface area contributed by atoms with Crippen molar-refractivity contribution in [1.82, 2.24) is 10.2 Å². The molecule has 1 aliphatic rings. The minimum Gasteiger partial charge on any atom is -0.314 e. The van der Waals surface area contributed by atoms with E-state index in [1.54, 1.807) is 0 Å². The van der Waals surface area contributed by atoms with Gasteiger partial charge in [-0.3, -0.25) is 0 Å². The molecule has 1 fully saturated rings. The Kier molecular flexibility index (Phi) is 5.09. The monoisotopic (exact) mass is 182 g/mol. The van der Waals surface area contributed by atoms with Gasteiger partial charge in [0.15, 0.2) is 0 Å². The molecule has 1 aliphatic heterocycles. The highest BCUT2D eigenvalue weighted by atomic mass is 15.1. The van der Waals surface area contributed by atoms with Crippen molar-refractivity contribution in [2.24, 2.45) is 0 Å². The number of hydrogen-bond donors (Lipinski definition) is 1. The van der Waals surface area contributed by atoms with Gasteiger partial charge < -0.3 is 10.2 Å². The van der Waals surface area contributed by atoms with Gasteiger partial charge in [0, 0.05) is 12.6 Å². The van der Waals surface area contributed by atoms with E-state index in [1.807, 2.05) is 6.08 Å². The van der Waals surface area contributed by atoms with E-state index in [-0.39, 0.29) is 0 Å². The minimum atomic E-state index is 0.765. The summed E-state index contributed by atoms with van der Waals surface area (Å²) in [7, 11) is 2.16. The first-order valence-electron chi connectivity index (χ1n) is 5.35. The molecule has 1 rings (SSSR count). The predicted octanol–water partition coefficient (Wildman–Crippen LogP) is 1.64. The van der Waals surface area contributed by atoms with E-state index < -0.39 is 0 Å². The van der Waals surface area contributed by atoms with Crippen LogP contribution in [0.15, 0.2) is 12.7 Å². The predicted molar refractivity (Wildman–Crippen MR) is 58.0 cm³/mol. The van der Waals surface area contributed by atoms with Crippen LogP contribution in [0.2, 0.25) is 0 Å². The third-order valence-corrected chi connectivity index (χ3v) is 2.71. The zero-order chi connectivity index (χ0) is 9.52. The third-order valence-electron chi connectivity index (χ3n) is 2.71. The van der Waals surface area contributed by atoms with E-state index in [0.717, 1.165) is 12.6 Å². The average Bonchev–Trinajstić information content (AvgIpc) is 2.17. The standard InChI is InChI=1S/C11H22N2/c1-3-9-13(2)10-7-11-6-4-5-8-12-11/h3,11-12H,1,4-10H2,2H3. The first-order valence-corrected chi connectivity index (χ1v) is 5.35. The molecule has 0 saturated carbocycles. The highest BCUT2D eigenvalue weighted by Crippen LogP contribution is 2.10. The minimum absolute atomic E-state index is 0.765. The lowest BCUT2D eigenvalue weighted by molar-refractivity contribution is 0.306. The fourth-order valence-electron chi connectivity index (χ4n) is 1.86. The van der Waals surface area contributed by atoms with Gasteiger partial charge in [0.2, 0.25) is 0 Å². The van der Waals surface area contributed by atoms with Crippen LogP contribution in [0.3, 0.4) is 0 Å². The van der Waals surface area contributed by atoms with Crippen LogP contribution in [0.25, 0.3) is 0 Å². The zero-order valence-electron chi connectivity index (χ0n) is 8.76.